The SMILES string of the molecule is CCOC(=O)CCN(CC1CCCN1CC)c1nc2ccccc2o1. The van der Waals surface area contributed by atoms with Crippen molar-refractivity contribution < 1.29 is 13.9 Å². The molecule has 2 heterocycles. The van der Waals surface area contributed by atoms with Crippen molar-refractivity contribution in [1.82, 2.24) is 9.88 Å². The summed E-state index contributed by atoms with van der Waals surface area (Å²) in [7, 11) is 0. The van der Waals surface area contributed by atoms with E-state index in [1.165, 1.54) is 12.8 Å². The van der Waals surface area contributed by atoms with Crippen LogP contribution >= 0.6 is 0 Å². The van der Waals surface area contributed by atoms with Gasteiger partial charge in [-0.25, -0.2) is 0 Å². The Morgan fingerprint density at radius 3 is 3.00 bits per heavy atom. The number of likely N-dealkylation sites (N-methyl/N-ethyl adjacent to an activating group) is 1. The van der Waals surface area contributed by atoms with Crippen LogP contribution in [-0.2, 0) is 9.53 Å². The monoisotopic (exact) mass is 345 g/mol. The van der Waals surface area contributed by atoms with Crippen LogP contribution in [0.5, 0.6) is 0 Å². The van der Waals surface area contributed by atoms with Crippen LogP contribution in [0.15, 0.2) is 28.7 Å². The van der Waals surface area contributed by atoms with Gasteiger partial charge in [0.2, 0.25) is 0 Å². The number of benzene rings is 1. The van der Waals surface area contributed by atoms with Crippen molar-refractivity contribution in [2.45, 2.75) is 39.2 Å². The Labute approximate surface area is 148 Å². The van der Waals surface area contributed by atoms with Crippen molar-refractivity contribution in [1.29, 1.82) is 0 Å². The molecule has 0 aliphatic carbocycles. The van der Waals surface area contributed by atoms with Crippen LogP contribution in [0.3, 0.4) is 0 Å². The van der Waals surface area contributed by atoms with Gasteiger partial charge in [0.15, 0.2) is 5.58 Å². The van der Waals surface area contributed by atoms with Crippen LogP contribution in [0, 0.1) is 0 Å². The minimum Gasteiger partial charge on any atom is -0.466 e. The van der Waals surface area contributed by atoms with Gasteiger partial charge in [-0.15, -0.1) is 0 Å². The molecule has 1 atom stereocenters. The number of esters is 1. The summed E-state index contributed by atoms with van der Waals surface area (Å²) >= 11 is 0. The number of nitrogens with zero attached hydrogens (tertiary/aromatic N) is 3. The second kappa shape index (κ2) is 8.34. The number of ether oxygens (including phenoxy) is 1. The van der Waals surface area contributed by atoms with E-state index in [1.54, 1.807) is 0 Å². The topological polar surface area (TPSA) is 58.8 Å². The lowest BCUT2D eigenvalue weighted by Gasteiger charge is -2.29. The van der Waals surface area contributed by atoms with Gasteiger partial charge in [0, 0.05) is 19.1 Å². The molecule has 0 amide bonds. The maximum atomic E-state index is 11.8. The number of aromatic nitrogens is 1. The van der Waals surface area contributed by atoms with Crippen LogP contribution in [0.2, 0.25) is 0 Å². The molecule has 6 nitrogen and oxygen atoms in total. The fourth-order valence-electron chi connectivity index (χ4n) is 3.49. The second-order valence-corrected chi connectivity index (χ2v) is 6.39. The molecule has 0 radical (unpaired) electrons. The average molecular weight is 345 g/mol. The molecule has 136 valence electrons. The standard InChI is InChI=1S/C19H27N3O3/c1-3-21-12-7-8-15(21)14-22(13-11-18(23)24-4-2)19-20-16-9-5-6-10-17(16)25-19/h5-6,9-10,15H,3-4,7-8,11-14H2,1-2H3. The number of hydrogen-bond acceptors (Lipinski definition) is 6. The number of para-hydroxylation sites is 2. The molecule has 1 aliphatic heterocycles. The van der Waals surface area contributed by atoms with Crippen LogP contribution in [0.25, 0.3) is 11.1 Å². The van der Waals surface area contributed by atoms with E-state index in [0.717, 1.165) is 30.7 Å². The normalized spacial score (nSPS) is 17.9. The Kier molecular flexibility index (Phi) is 5.91. The first-order chi connectivity index (χ1) is 12.2. The molecule has 1 saturated heterocycles. The lowest BCUT2D eigenvalue weighted by Crippen LogP contribution is -2.41. The quantitative estimate of drug-likeness (QED) is 0.685. The molecule has 2 aromatic rings. The van der Waals surface area contributed by atoms with Crippen LogP contribution in [0.4, 0.5) is 6.01 Å². The van der Waals surface area contributed by atoms with Crippen LogP contribution in [0.1, 0.15) is 33.1 Å². The van der Waals surface area contributed by atoms with E-state index in [9.17, 15) is 4.79 Å². The third kappa shape index (κ3) is 4.31. The summed E-state index contributed by atoms with van der Waals surface area (Å²) in [6.07, 6.45) is 2.73. The smallest absolute Gasteiger partial charge is 0.307 e. The fourth-order valence-corrected chi connectivity index (χ4v) is 3.49. The van der Waals surface area contributed by atoms with E-state index >= 15 is 0 Å². The number of likely N-dealkylation sites (tertiary alicyclic amines) is 1. The Bertz CT molecular complexity index is 667. The maximum Gasteiger partial charge on any atom is 0.307 e. The number of carbonyl (C=O) groups excluding carboxylic acids is 1. The molecule has 25 heavy (non-hydrogen) atoms. The van der Waals surface area contributed by atoms with Crippen LogP contribution in [-0.4, -0.2) is 54.7 Å². The molecule has 0 saturated carbocycles. The van der Waals surface area contributed by atoms with Crippen molar-refractivity contribution in [3.63, 3.8) is 0 Å². The molecule has 1 aromatic heterocycles. The zero-order chi connectivity index (χ0) is 17.6. The predicted octanol–water partition coefficient (Wildman–Crippen LogP) is 3.07. The zero-order valence-corrected chi connectivity index (χ0v) is 15.1. The Morgan fingerprint density at radius 2 is 2.24 bits per heavy atom. The third-order valence-electron chi connectivity index (χ3n) is 4.78. The highest BCUT2D eigenvalue weighted by Crippen LogP contribution is 2.25. The lowest BCUT2D eigenvalue weighted by atomic mass is 10.2. The van der Waals surface area contributed by atoms with Gasteiger partial charge in [-0.05, 0) is 45.0 Å². The Morgan fingerprint density at radius 1 is 1.40 bits per heavy atom. The largest absolute Gasteiger partial charge is 0.466 e. The molecular formula is C19H27N3O3. The summed E-state index contributed by atoms with van der Waals surface area (Å²) in [6.45, 7) is 7.99. The van der Waals surface area contributed by atoms with Gasteiger partial charge in [-0.2, -0.15) is 4.98 Å². The fraction of sp³-hybridized carbons (Fsp3) is 0.579. The Hall–Kier alpha value is -2.08. The zero-order valence-electron chi connectivity index (χ0n) is 15.1. The first-order valence-corrected chi connectivity index (χ1v) is 9.21. The maximum absolute atomic E-state index is 11.8. The molecule has 1 aromatic carbocycles. The summed E-state index contributed by atoms with van der Waals surface area (Å²) in [5.74, 6) is -0.178. The molecule has 0 spiro atoms. The van der Waals surface area contributed by atoms with Gasteiger partial charge in [-0.1, -0.05) is 19.1 Å². The summed E-state index contributed by atoms with van der Waals surface area (Å²) in [5, 5.41) is 0. The molecule has 1 unspecified atom stereocenters. The van der Waals surface area contributed by atoms with Gasteiger partial charge in [-0.3, -0.25) is 9.69 Å². The number of oxazole rings is 1. The van der Waals surface area contributed by atoms with Crippen molar-refractivity contribution in [3.05, 3.63) is 24.3 Å². The van der Waals surface area contributed by atoms with E-state index in [4.69, 9.17) is 9.15 Å². The first-order valence-electron chi connectivity index (χ1n) is 9.21. The molecule has 1 fully saturated rings. The summed E-state index contributed by atoms with van der Waals surface area (Å²) in [5.41, 5.74) is 1.62. The van der Waals surface area contributed by atoms with Crippen molar-refractivity contribution in [2.75, 3.05) is 37.7 Å². The van der Waals surface area contributed by atoms with Gasteiger partial charge in [0.25, 0.3) is 6.01 Å². The molecule has 3 rings (SSSR count). The second-order valence-electron chi connectivity index (χ2n) is 6.39. The van der Waals surface area contributed by atoms with E-state index in [-0.39, 0.29) is 5.97 Å². The van der Waals surface area contributed by atoms with Gasteiger partial charge >= 0.3 is 5.97 Å². The Balaban J connectivity index is 1.76. The molecule has 0 bridgehead atoms. The van der Waals surface area contributed by atoms with Gasteiger partial charge < -0.3 is 14.1 Å². The number of hydrogen-bond donors (Lipinski definition) is 0. The highest BCUT2D eigenvalue weighted by Gasteiger charge is 2.27. The van der Waals surface area contributed by atoms with Gasteiger partial charge in [0.1, 0.15) is 5.52 Å². The van der Waals surface area contributed by atoms with Crippen LogP contribution < -0.4 is 4.90 Å². The summed E-state index contributed by atoms with van der Waals surface area (Å²) in [6, 6.07) is 8.82. The lowest BCUT2D eigenvalue weighted by molar-refractivity contribution is -0.142. The highest BCUT2D eigenvalue weighted by molar-refractivity contribution is 5.74. The summed E-state index contributed by atoms with van der Waals surface area (Å²) in [4.78, 5) is 21.0. The van der Waals surface area contributed by atoms with E-state index in [2.05, 4.69) is 21.7 Å². The molecule has 6 heteroatoms. The molecule has 1 aliphatic rings. The highest BCUT2D eigenvalue weighted by atomic mass is 16.5. The molecular weight excluding hydrogens is 318 g/mol. The van der Waals surface area contributed by atoms with Crippen molar-refractivity contribution >= 4 is 23.1 Å². The minimum atomic E-state index is -0.178. The molecule has 0 N–H and O–H groups in total. The van der Waals surface area contributed by atoms with E-state index in [0.29, 0.717) is 31.6 Å². The number of rotatable bonds is 8. The average Bonchev–Trinajstić information content (AvgIpc) is 3.24. The third-order valence-corrected chi connectivity index (χ3v) is 4.78. The number of anilines is 1. The van der Waals surface area contributed by atoms with Crippen molar-refractivity contribution in [3.8, 4) is 0 Å². The van der Waals surface area contributed by atoms with Crippen molar-refractivity contribution in [2.24, 2.45) is 0 Å². The van der Waals surface area contributed by atoms with Gasteiger partial charge in [0.05, 0.1) is 13.0 Å². The van der Waals surface area contributed by atoms with E-state index < -0.39 is 0 Å². The first kappa shape index (κ1) is 17.7. The summed E-state index contributed by atoms with van der Waals surface area (Å²) < 4.78 is 11.0. The van der Waals surface area contributed by atoms with E-state index in [1.807, 2.05) is 31.2 Å². The minimum absolute atomic E-state index is 0.178. The number of fused-ring (bicyclic) bond motifs is 1. The number of carbonyl (C=O) groups is 1. The predicted molar refractivity (Wildman–Crippen MR) is 97.7 cm³/mol.